The van der Waals surface area contributed by atoms with E-state index >= 15 is 0 Å². The number of benzene rings is 1. The summed E-state index contributed by atoms with van der Waals surface area (Å²) >= 11 is 2.00. The van der Waals surface area contributed by atoms with Crippen LogP contribution >= 0.6 is 11.8 Å². The smallest absolute Gasteiger partial charge is 0.269 e. The number of nitrogens with one attached hydrogen (secondary N) is 2. The van der Waals surface area contributed by atoms with Gasteiger partial charge < -0.3 is 10.6 Å². The quantitative estimate of drug-likeness (QED) is 0.377. The van der Waals surface area contributed by atoms with Crippen molar-refractivity contribution >= 4 is 23.4 Å². The van der Waals surface area contributed by atoms with E-state index in [1.165, 1.54) is 24.7 Å². The van der Waals surface area contributed by atoms with Crippen molar-refractivity contribution in [3.05, 3.63) is 39.9 Å². The molecule has 2 N–H and O–H groups in total. The lowest BCUT2D eigenvalue weighted by Crippen LogP contribution is -2.43. The number of non-ortho nitro benzene ring substituents is 1. The van der Waals surface area contributed by atoms with Crippen LogP contribution in [-0.2, 0) is 6.54 Å². The Balaban J connectivity index is 1.86. The molecule has 1 heterocycles. The van der Waals surface area contributed by atoms with Crippen molar-refractivity contribution < 1.29 is 4.92 Å². The molecule has 0 amide bonds. The molecule has 1 saturated heterocycles. The van der Waals surface area contributed by atoms with E-state index in [1.807, 2.05) is 17.8 Å². The summed E-state index contributed by atoms with van der Waals surface area (Å²) in [6, 6.07) is 6.63. The molecule has 2 rings (SSSR count). The molecule has 1 atom stereocenters. The maximum atomic E-state index is 10.8. The van der Waals surface area contributed by atoms with Gasteiger partial charge in [-0.15, -0.1) is 0 Å². The van der Waals surface area contributed by atoms with Crippen LogP contribution in [0.15, 0.2) is 29.3 Å². The molecule has 0 saturated carbocycles. The average Bonchev–Trinajstić information content (AvgIpc) is 2.95. The molecular weight excluding hydrogens is 300 g/mol. The lowest BCUT2D eigenvalue weighted by Gasteiger charge is -2.24. The van der Waals surface area contributed by atoms with E-state index in [2.05, 4.69) is 22.5 Å². The van der Waals surface area contributed by atoms with E-state index < -0.39 is 0 Å². The van der Waals surface area contributed by atoms with Gasteiger partial charge in [-0.05, 0) is 31.1 Å². The van der Waals surface area contributed by atoms with Gasteiger partial charge in [0.05, 0.1) is 4.92 Å². The Morgan fingerprint density at radius 1 is 1.50 bits per heavy atom. The first-order valence-corrected chi connectivity index (χ1v) is 8.33. The minimum absolute atomic E-state index is 0.108. The van der Waals surface area contributed by atoms with Gasteiger partial charge in [0.2, 0.25) is 0 Å². The summed E-state index contributed by atoms with van der Waals surface area (Å²) in [6.45, 7) is 3.64. The molecule has 0 aliphatic carbocycles. The second kappa shape index (κ2) is 7.49. The molecule has 1 aliphatic rings. The fraction of sp³-hybridized carbons (Fsp3) is 0.533. The summed E-state index contributed by atoms with van der Waals surface area (Å²) in [5.41, 5.74) is 0.968. The van der Waals surface area contributed by atoms with Gasteiger partial charge in [-0.1, -0.05) is 12.1 Å². The molecule has 7 heteroatoms. The van der Waals surface area contributed by atoms with Crippen molar-refractivity contribution in [1.29, 1.82) is 0 Å². The molecule has 0 radical (unpaired) electrons. The number of nitro benzene ring substituents is 1. The number of nitrogens with zero attached hydrogens (tertiary/aromatic N) is 2. The predicted octanol–water partition coefficient (Wildman–Crippen LogP) is 2.55. The summed E-state index contributed by atoms with van der Waals surface area (Å²) in [7, 11) is 1.73. The third-order valence-electron chi connectivity index (χ3n) is 3.74. The molecule has 0 aromatic heterocycles. The summed E-state index contributed by atoms with van der Waals surface area (Å²) in [5.74, 6) is 1.94. The van der Waals surface area contributed by atoms with Crippen LogP contribution in [0.5, 0.6) is 0 Å². The van der Waals surface area contributed by atoms with Crippen LogP contribution in [0.4, 0.5) is 5.69 Å². The molecule has 1 aromatic rings. The maximum absolute atomic E-state index is 10.8. The molecule has 6 nitrogen and oxygen atoms in total. The highest BCUT2D eigenvalue weighted by atomic mass is 32.2. The lowest BCUT2D eigenvalue weighted by molar-refractivity contribution is -0.384. The van der Waals surface area contributed by atoms with Crippen molar-refractivity contribution in [2.75, 3.05) is 19.3 Å². The SMILES string of the molecule is CN=C(NCc1cccc([N+](=O)[O-])c1)NCC1(C)CCCS1. The Kier molecular flexibility index (Phi) is 5.65. The Bertz CT molecular complexity index is 556. The number of hydrogen-bond donors (Lipinski definition) is 2. The number of aliphatic imine (C=N–C) groups is 1. The number of guanidine groups is 1. The van der Waals surface area contributed by atoms with Gasteiger partial charge in [-0.3, -0.25) is 15.1 Å². The highest BCUT2D eigenvalue weighted by Gasteiger charge is 2.29. The number of rotatable bonds is 5. The van der Waals surface area contributed by atoms with Crippen LogP contribution in [0.2, 0.25) is 0 Å². The Morgan fingerprint density at radius 3 is 2.95 bits per heavy atom. The number of hydrogen-bond acceptors (Lipinski definition) is 4. The van der Waals surface area contributed by atoms with Crippen LogP contribution in [0.1, 0.15) is 25.3 Å². The summed E-state index contributed by atoms with van der Waals surface area (Å²) in [4.78, 5) is 14.6. The molecular formula is C15H22N4O2S. The zero-order chi connectivity index (χ0) is 16.0. The average molecular weight is 322 g/mol. The van der Waals surface area contributed by atoms with Gasteiger partial charge in [0.25, 0.3) is 5.69 Å². The Hall–Kier alpha value is -1.76. The first-order chi connectivity index (χ1) is 10.5. The summed E-state index contributed by atoms with van der Waals surface area (Å²) in [5, 5.41) is 17.3. The van der Waals surface area contributed by atoms with Gasteiger partial charge in [0.1, 0.15) is 0 Å². The fourth-order valence-electron chi connectivity index (χ4n) is 2.43. The first-order valence-electron chi connectivity index (χ1n) is 7.34. The van der Waals surface area contributed by atoms with Crippen LogP contribution in [0.25, 0.3) is 0 Å². The van der Waals surface area contributed by atoms with Crippen molar-refractivity contribution in [2.24, 2.45) is 4.99 Å². The van der Waals surface area contributed by atoms with Gasteiger partial charge in [0, 0.05) is 37.0 Å². The maximum Gasteiger partial charge on any atom is 0.269 e. The Morgan fingerprint density at radius 2 is 2.32 bits per heavy atom. The van der Waals surface area contributed by atoms with E-state index in [4.69, 9.17) is 0 Å². The lowest BCUT2D eigenvalue weighted by atomic mass is 10.1. The molecule has 0 spiro atoms. The van der Waals surface area contributed by atoms with Crippen molar-refractivity contribution in [3.8, 4) is 0 Å². The topological polar surface area (TPSA) is 79.6 Å². The van der Waals surface area contributed by atoms with E-state index in [0.29, 0.717) is 6.54 Å². The van der Waals surface area contributed by atoms with Crippen LogP contribution in [0, 0.1) is 10.1 Å². The Labute approximate surface area is 134 Å². The largest absolute Gasteiger partial charge is 0.355 e. The molecule has 1 fully saturated rings. The fourth-order valence-corrected chi connectivity index (χ4v) is 3.68. The molecule has 120 valence electrons. The molecule has 0 bridgehead atoms. The zero-order valence-electron chi connectivity index (χ0n) is 13.0. The monoisotopic (exact) mass is 322 g/mol. The van der Waals surface area contributed by atoms with Gasteiger partial charge in [0.15, 0.2) is 5.96 Å². The van der Waals surface area contributed by atoms with E-state index in [0.717, 1.165) is 18.1 Å². The van der Waals surface area contributed by atoms with E-state index in [9.17, 15) is 10.1 Å². The molecule has 1 unspecified atom stereocenters. The van der Waals surface area contributed by atoms with Gasteiger partial charge in [-0.2, -0.15) is 11.8 Å². The third kappa shape index (κ3) is 4.62. The molecule has 1 aromatic carbocycles. The zero-order valence-corrected chi connectivity index (χ0v) is 13.8. The van der Waals surface area contributed by atoms with Crippen LogP contribution in [-0.4, -0.2) is 35.0 Å². The third-order valence-corrected chi connectivity index (χ3v) is 5.27. The highest BCUT2D eigenvalue weighted by Crippen LogP contribution is 2.36. The van der Waals surface area contributed by atoms with Crippen LogP contribution in [0.3, 0.4) is 0 Å². The normalized spacial score (nSPS) is 21.6. The van der Waals surface area contributed by atoms with Crippen LogP contribution < -0.4 is 10.6 Å². The van der Waals surface area contributed by atoms with Crippen molar-refractivity contribution in [2.45, 2.75) is 31.1 Å². The predicted molar refractivity (Wildman–Crippen MR) is 91.4 cm³/mol. The summed E-state index contributed by atoms with van der Waals surface area (Å²) in [6.07, 6.45) is 2.48. The highest BCUT2D eigenvalue weighted by molar-refractivity contribution is 8.00. The van der Waals surface area contributed by atoms with E-state index in [1.54, 1.807) is 19.2 Å². The standard InChI is InChI=1S/C15H22N4O2S/c1-15(7-4-8-22-15)11-18-14(16-2)17-10-12-5-3-6-13(9-12)19(20)21/h3,5-6,9H,4,7-8,10-11H2,1-2H3,(H2,16,17,18). The van der Waals surface area contributed by atoms with Crippen molar-refractivity contribution in [1.82, 2.24) is 10.6 Å². The molecule has 22 heavy (non-hydrogen) atoms. The first kappa shape index (κ1) is 16.6. The van der Waals surface area contributed by atoms with Crippen molar-refractivity contribution in [3.63, 3.8) is 0 Å². The second-order valence-corrected chi connectivity index (χ2v) is 7.29. The van der Waals surface area contributed by atoms with Gasteiger partial charge in [-0.25, -0.2) is 0 Å². The number of nitro groups is 1. The van der Waals surface area contributed by atoms with E-state index in [-0.39, 0.29) is 15.4 Å². The minimum atomic E-state index is -0.380. The van der Waals surface area contributed by atoms with Gasteiger partial charge >= 0.3 is 0 Å². The summed E-state index contributed by atoms with van der Waals surface area (Å²) < 4.78 is 0.267. The minimum Gasteiger partial charge on any atom is -0.355 e. The number of thioether (sulfide) groups is 1. The molecule has 1 aliphatic heterocycles. The second-order valence-electron chi connectivity index (χ2n) is 5.61.